The summed E-state index contributed by atoms with van der Waals surface area (Å²) in [5.74, 6) is -0.590. The zero-order chi connectivity index (χ0) is 16.8. The minimum Gasteiger partial charge on any atom is -0.290 e. The van der Waals surface area contributed by atoms with Crippen molar-refractivity contribution in [3.05, 3.63) is 69.2 Å². The summed E-state index contributed by atoms with van der Waals surface area (Å²) in [6.45, 7) is 0. The van der Waals surface area contributed by atoms with Crippen molar-refractivity contribution in [2.45, 2.75) is 6.04 Å². The quantitative estimate of drug-likeness (QED) is 0.356. The molecule has 0 fully saturated rings. The standard InChI is InChI=1S/C15H9ClN4O3/c16-13-7-2-1-6-12(13)15(21)14(9-17)19-18-10-4-3-5-11(8-10)20(22)23/h1-8,14H. The molecule has 1 unspecified atom stereocenters. The van der Waals surface area contributed by atoms with Gasteiger partial charge in [-0.05, 0) is 18.2 Å². The smallest absolute Gasteiger partial charge is 0.271 e. The van der Waals surface area contributed by atoms with Crippen LogP contribution in [0.4, 0.5) is 11.4 Å². The summed E-state index contributed by atoms with van der Waals surface area (Å²) >= 11 is 5.92. The third-order valence-electron chi connectivity index (χ3n) is 2.84. The zero-order valence-corrected chi connectivity index (χ0v) is 12.3. The number of Topliss-reactive ketones (excluding diaryl/α,β-unsaturated/α-hetero) is 1. The number of hydrogen-bond donors (Lipinski definition) is 0. The van der Waals surface area contributed by atoms with Gasteiger partial charge in [0.15, 0.2) is 0 Å². The van der Waals surface area contributed by atoms with Crippen LogP contribution in [0.2, 0.25) is 5.02 Å². The molecular weight excluding hydrogens is 320 g/mol. The van der Waals surface area contributed by atoms with Crippen LogP contribution < -0.4 is 0 Å². The molecule has 0 aromatic heterocycles. The average Bonchev–Trinajstić information content (AvgIpc) is 2.56. The topological polar surface area (TPSA) is 109 Å². The number of nitriles is 1. The number of ketones is 1. The van der Waals surface area contributed by atoms with Crippen LogP contribution in [0.1, 0.15) is 10.4 Å². The molecule has 0 aliphatic carbocycles. The van der Waals surface area contributed by atoms with Crippen LogP contribution in [-0.2, 0) is 0 Å². The lowest BCUT2D eigenvalue weighted by Crippen LogP contribution is -2.16. The first-order valence-corrected chi connectivity index (χ1v) is 6.74. The Morgan fingerprint density at radius 3 is 2.65 bits per heavy atom. The number of nitro groups is 1. The van der Waals surface area contributed by atoms with Crippen molar-refractivity contribution in [1.29, 1.82) is 5.26 Å². The summed E-state index contributed by atoms with van der Waals surface area (Å²) in [5, 5.41) is 27.4. The molecular formula is C15H9ClN4O3. The van der Waals surface area contributed by atoms with Gasteiger partial charge in [-0.2, -0.15) is 15.5 Å². The van der Waals surface area contributed by atoms with Crippen LogP contribution in [-0.4, -0.2) is 16.7 Å². The van der Waals surface area contributed by atoms with Crippen molar-refractivity contribution < 1.29 is 9.72 Å². The Morgan fingerprint density at radius 1 is 1.26 bits per heavy atom. The predicted octanol–water partition coefficient (Wildman–Crippen LogP) is 4.11. The van der Waals surface area contributed by atoms with Gasteiger partial charge in [0.2, 0.25) is 11.8 Å². The highest BCUT2D eigenvalue weighted by Crippen LogP contribution is 2.22. The molecule has 2 rings (SSSR count). The number of hydrogen-bond acceptors (Lipinski definition) is 6. The van der Waals surface area contributed by atoms with E-state index >= 15 is 0 Å². The van der Waals surface area contributed by atoms with Gasteiger partial charge < -0.3 is 0 Å². The number of nitrogens with zero attached hydrogens (tertiary/aromatic N) is 4. The summed E-state index contributed by atoms with van der Waals surface area (Å²) in [6, 6.07) is 12.0. The second-order valence-corrected chi connectivity index (χ2v) is 4.78. The first kappa shape index (κ1) is 16.3. The Balaban J connectivity index is 2.24. The minimum absolute atomic E-state index is 0.160. The number of azo groups is 1. The highest BCUT2D eigenvalue weighted by atomic mass is 35.5. The Morgan fingerprint density at radius 2 is 2.00 bits per heavy atom. The number of rotatable bonds is 5. The van der Waals surface area contributed by atoms with Gasteiger partial charge >= 0.3 is 0 Å². The molecule has 0 spiro atoms. The van der Waals surface area contributed by atoms with E-state index in [1.54, 1.807) is 18.2 Å². The van der Waals surface area contributed by atoms with Gasteiger partial charge in [-0.1, -0.05) is 29.8 Å². The molecule has 0 amide bonds. The van der Waals surface area contributed by atoms with Crippen LogP contribution >= 0.6 is 11.6 Å². The second kappa shape index (κ2) is 7.24. The molecule has 0 aliphatic rings. The zero-order valence-electron chi connectivity index (χ0n) is 11.6. The van der Waals surface area contributed by atoms with Gasteiger partial charge in [-0.3, -0.25) is 14.9 Å². The fourth-order valence-electron chi connectivity index (χ4n) is 1.74. The third kappa shape index (κ3) is 3.96. The summed E-state index contributed by atoms with van der Waals surface area (Å²) in [5.41, 5.74) is 0.178. The van der Waals surface area contributed by atoms with Crippen LogP contribution in [0.3, 0.4) is 0 Å². The molecule has 2 aromatic rings. The molecule has 23 heavy (non-hydrogen) atoms. The molecule has 114 valence electrons. The lowest BCUT2D eigenvalue weighted by Gasteiger charge is -2.04. The maximum absolute atomic E-state index is 12.2. The summed E-state index contributed by atoms with van der Waals surface area (Å²) < 4.78 is 0. The number of benzene rings is 2. The molecule has 2 aromatic carbocycles. The van der Waals surface area contributed by atoms with Gasteiger partial charge in [0.05, 0.1) is 21.7 Å². The van der Waals surface area contributed by atoms with Crippen LogP contribution in [0.25, 0.3) is 0 Å². The van der Waals surface area contributed by atoms with Crippen molar-refractivity contribution in [2.24, 2.45) is 10.2 Å². The van der Waals surface area contributed by atoms with Gasteiger partial charge in [0.1, 0.15) is 0 Å². The fraction of sp³-hybridized carbons (Fsp3) is 0.0667. The van der Waals surface area contributed by atoms with E-state index in [0.717, 1.165) is 0 Å². The number of halogens is 1. The third-order valence-corrected chi connectivity index (χ3v) is 3.17. The van der Waals surface area contributed by atoms with Crippen molar-refractivity contribution in [1.82, 2.24) is 0 Å². The molecule has 8 heteroatoms. The minimum atomic E-state index is -1.38. The fourth-order valence-corrected chi connectivity index (χ4v) is 1.97. The largest absolute Gasteiger partial charge is 0.290 e. The van der Waals surface area contributed by atoms with E-state index in [1.165, 1.54) is 36.4 Å². The maximum Gasteiger partial charge on any atom is 0.271 e. The molecule has 0 saturated heterocycles. The van der Waals surface area contributed by atoms with E-state index in [1.807, 2.05) is 0 Å². The van der Waals surface area contributed by atoms with Gasteiger partial charge in [0.25, 0.3) is 5.69 Å². The number of carbonyl (C=O) groups excluding carboxylic acids is 1. The van der Waals surface area contributed by atoms with E-state index in [9.17, 15) is 14.9 Å². The average molecular weight is 329 g/mol. The molecule has 7 nitrogen and oxygen atoms in total. The number of non-ortho nitro benzene ring substituents is 1. The molecule has 0 aliphatic heterocycles. The molecule has 0 bridgehead atoms. The van der Waals surface area contributed by atoms with Crippen molar-refractivity contribution in [3.8, 4) is 6.07 Å². The summed E-state index contributed by atoms with van der Waals surface area (Å²) in [7, 11) is 0. The van der Waals surface area contributed by atoms with E-state index in [-0.39, 0.29) is 22.0 Å². The van der Waals surface area contributed by atoms with E-state index in [4.69, 9.17) is 16.9 Å². The molecule has 0 radical (unpaired) electrons. The summed E-state index contributed by atoms with van der Waals surface area (Å²) in [4.78, 5) is 22.3. The summed E-state index contributed by atoms with van der Waals surface area (Å²) in [6.07, 6.45) is 0. The lowest BCUT2D eigenvalue weighted by molar-refractivity contribution is -0.384. The van der Waals surface area contributed by atoms with Gasteiger partial charge in [-0.25, -0.2) is 0 Å². The van der Waals surface area contributed by atoms with Gasteiger partial charge in [0, 0.05) is 17.7 Å². The number of carbonyl (C=O) groups is 1. The molecule has 0 saturated carbocycles. The first-order chi connectivity index (χ1) is 11.0. The van der Waals surface area contributed by atoms with E-state index in [0.29, 0.717) is 0 Å². The van der Waals surface area contributed by atoms with Crippen LogP contribution in [0.5, 0.6) is 0 Å². The first-order valence-electron chi connectivity index (χ1n) is 6.36. The Bertz CT molecular complexity index is 829. The highest BCUT2D eigenvalue weighted by Gasteiger charge is 2.21. The van der Waals surface area contributed by atoms with E-state index in [2.05, 4.69) is 10.2 Å². The normalized spacial score (nSPS) is 11.8. The Kier molecular flexibility index (Phi) is 5.12. The molecule has 1 atom stereocenters. The molecule has 0 N–H and O–H groups in total. The monoisotopic (exact) mass is 328 g/mol. The highest BCUT2D eigenvalue weighted by molar-refractivity contribution is 6.34. The van der Waals surface area contributed by atoms with Crippen molar-refractivity contribution in [3.63, 3.8) is 0 Å². The predicted molar refractivity (Wildman–Crippen MR) is 82.8 cm³/mol. The maximum atomic E-state index is 12.2. The SMILES string of the molecule is N#CC(N=Nc1cccc([N+](=O)[O-])c1)C(=O)c1ccccc1Cl. The Labute approximate surface area is 136 Å². The molecule has 0 heterocycles. The Hall–Kier alpha value is -3.11. The number of nitro benzene ring substituents is 1. The van der Waals surface area contributed by atoms with Gasteiger partial charge in [-0.15, -0.1) is 0 Å². The van der Waals surface area contributed by atoms with E-state index < -0.39 is 16.7 Å². The second-order valence-electron chi connectivity index (χ2n) is 4.37. The van der Waals surface area contributed by atoms with Crippen molar-refractivity contribution in [2.75, 3.05) is 0 Å². The van der Waals surface area contributed by atoms with Crippen LogP contribution in [0, 0.1) is 21.4 Å². The van der Waals surface area contributed by atoms with Crippen molar-refractivity contribution >= 4 is 28.8 Å². The van der Waals surface area contributed by atoms with Crippen LogP contribution in [0.15, 0.2) is 58.8 Å². The lowest BCUT2D eigenvalue weighted by atomic mass is 10.1.